The first-order valence-corrected chi connectivity index (χ1v) is 10.6. The van der Waals surface area contributed by atoms with Gasteiger partial charge in [0.2, 0.25) is 5.91 Å². The SMILES string of the molecule is O=C1CCc2cc(C(O)CN3CCC(CCc4ccccc4)CC3)cc(F)c2N1. The Morgan fingerprint density at radius 2 is 1.90 bits per heavy atom. The van der Waals surface area contributed by atoms with Gasteiger partial charge in [0.1, 0.15) is 5.82 Å². The zero-order chi connectivity index (χ0) is 20.2. The van der Waals surface area contributed by atoms with Crippen LogP contribution in [0.1, 0.15) is 48.5 Å². The summed E-state index contributed by atoms with van der Waals surface area (Å²) in [6.45, 7) is 2.47. The number of nitrogens with one attached hydrogen (secondary N) is 1. The van der Waals surface area contributed by atoms with Crippen LogP contribution in [0, 0.1) is 11.7 Å². The lowest BCUT2D eigenvalue weighted by atomic mass is 9.90. The van der Waals surface area contributed by atoms with Gasteiger partial charge >= 0.3 is 0 Å². The highest BCUT2D eigenvalue weighted by molar-refractivity contribution is 5.94. The third-order valence-corrected chi connectivity index (χ3v) is 6.29. The maximum atomic E-state index is 14.4. The van der Waals surface area contributed by atoms with Crippen molar-refractivity contribution in [1.29, 1.82) is 0 Å². The van der Waals surface area contributed by atoms with Gasteiger partial charge in [0, 0.05) is 13.0 Å². The Balaban J connectivity index is 1.28. The number of rotatable bonds is 6. The van der Waals surface area contributed by atoms with Crippen molar-refractivity contribution in [3.8, 4) is 0 Å². The van der Waals surface area contributed by atoms with Crippen molar-refractivity contribution < 1.29 is 14.3 Å². The quantitative estimate of drug-likeness (QED) is 0.773. The topological polar surface area (TPSA) is 52.6 Å². The molecule has 0 bridgehead atoms. The van der Waals surface area contributed by atoms with Crippen molar-refractivity contribution in [2.24, 2.45) is 5.92 Å². The van der Waals surface area contributed by atoms with Crippen LogP contribution in [0.3, 0.4) is 0 Å². The minimum Gasteiger partial charge on any atom is -0.387 e. The minimum atomic E-state index is -0.715. The van der Waals surface area contributed by atoms with Gasteiger partial charge in [-0.25, -0.2) is 4.39 Å². The number of benzene rings is 2. The van der Waals surface area contributed by atoms with Crippen LogP contribution in [0.4, 0.5) is 10.1 Å². The molecule has 1 amide bonds. The van der Waals surface area contributed by atoms with Crippen LogP contribution < -0.4 is 5.32 Å². The number of fused-ring (bicyclic) bond motifs is 1. The number of aliphatic hydroxyl groups excluding tert-OH is 1. The molecule has 0 spiro atoms. The molecule has 1 unspecified atom stereocenters. The van der Waals surface area contributed by atoms with Crippen molar-refractivity contribution in [2.75, 3.05) is 25.0 Å². The second-order valence-corrected chi connectivity index (χ2v) is 8.37. The summed E-state index contributed by atoms with van der Waals surface area (Å²) in [5, 5.41) is 13.3. The average molecular weight is 397 g/mol. The molecule has 2 aromatic carbocycles. The van der Waals surface area contributed by atoms with E-state index in [1.165, 1.54) is 18.1 Å². The number of hydrogen-bond acceptors (Lipinski definition) is 3. The summed E-state index contributed by atoms with van der Waals surface area (Å²) in [6, 6.07) is 13.8. The van der Waals surface area contributed by atoms with E-state index in [1.54, 1.807) is 0 Å². The molecular weight excluding hydrogens is 367 g/mol. The molecule has 4 rings (SSSR count). The van der Waals surface area contributed by atoms with Crippen LogP contribution in [-0.4, -0.2) is 35.5 Å². The number of nitrogens with zero attached hydrogens (tertiary/aromatic N) is 1. The highest BCUT2D eigenvalue weighted by Gasteiger charge is 2.24. The van der Waals surface area contributed by atoms with Gasteiger partial charge in [-0.1, -0.05) is 36.4 Å². The Bertz CT molecular complexity index is 847. The second-order valence-electron chi connectivity index (χ2n) is 8.37. The first-order valence-electron chi connectivity index (χ1n) is 10.6. The van der Waals surface area contributed by atoms with Gasteiger partial charge in [-0.3, -0.25) is 4.79 Å². The number of β-amino-alcohol motifs (C(OH)–C–C–N with tert-alkyl or cyclic N) is 1. The number of likely N-dealkylation sites (tertiary alicyclic amines) is 1. The molecule has 0 saturated carbocycles. The van der Waals surface area contributed by atoms with Gasteiger partial charge in [0.15, 0.2) is 0 Å². The van der Waals surface area contributed by atoms with Crippen LogP contribution in [0.15, 0.2) is 42.5 Å². The largest absolute Gasteiger partial charge is 0.387 e. The van der Waals surface area contributed by atoms with Crippen LogP contribution in [-0.2, 0) is 17.6 Å². The average Bonchev–Trinajstić information content (AvgIpc) is 2.74. The summed E-state index contributed by atoms with van der Waals surface area (Å²) < 4.78 is 14.4. The Morgan fingerprint density at radius 3 is 2.66 bits per heavy atom. The maximum absolute atomic E-state index is 14.4. The summed E-state index contributed by atoms with van der Waals surface area (Å²) in [7, 11) is 0. The van der Waals surface area contributed by atoms with Crippen molar-refractivity contribution in [3.63, 3.8) is 0 Å². The van der Waals surface area contributed by atoms with Gasteiger partial charge in [-0.2, -0.15) is 0 Å². The predicted octanol–water partition coefficient (Wildman–Crippen LogP) is 4.09. The van der Waals surface area contributed by atoms with Gasteiger partial charge in [0.05, 0.1) is 11.8 Å². The van der Waals surface area contributed by atoms with Crippen molar-refractivity contribution in [2.45, 2.75) is 44.6 Å². The standard InChI is InChI=1S/C24H29FN2O2/c25-21-15-20(14-19-8-9-23(29)26-24(19)21)22(28)16-27-12-10-18(11-13-27)7-6-17-4-2-1-3-5-17/h1-5,14-15,18,22,28H,6-13,16H2,(H,26,29). The molecule has 2 aliphatic rings. The molecule has 0 aromatic heterocycles. The van der Waals surface area contributed by atoms with E-state index in [1.807, 2.05) is 6.07 Å². The number of carbonyl (C=O) groups excluding carboxylic acids is 1. The molecular formula is C24H29FN2O2. The molecule has 2 N–H and O–H groups in total. The van der Waals surface area contributed by atoms with Crippen LogP contribution in [0.25, 0.3) is 0 Å². The van der Waals surface area contributed by atoms with E-state index in [9.17, 15) is 14.3 Å². The summed E-state index contributed by atoms with van der Waals surface area (Å²) >= 11 is 0. The summed E-state index contributed by atoms with van der Waals surface area (Å²) in [5.74, 6) is 0.123. The van der Waals surface area contributed by atoms with E-state index in [-0.39, 0.29) is 11.6 Å². The highest BCUT2D eigenvalue weighted by Crippen LogP contribution is 2.30. The van der Waals surface area contributed by atoms with E-state index in [2.05, 4.69) is 40.5 Å². The number of carbonyl (C=O) groups is 1. The fourth-order valence-electron chi connectivity index (χ4n) is 4.49. The summed E-state index contributed by atoms with van der Waals surface area (Å²) in [5.41, 5.74) is 3.05. The molecule has 0 aliphatic carbocycles. The Hall–Kier alpha value is -2.24. The van der Waals surface area contributed by atoms with Crippen molar-refractivity contribution >= 4 is 11.6 Å². The lowest BCUT2D eigenvalue weighted by Crippen LogP contribution is -2.36. The minimum absolute atomic E-state index is 0.153. The molecule has 4 nitrogen and oxygen atoms in total. The summed E-state index contributed by atoms with van der Waals surface area (Å²) in [6.07, 6.45) is 4.79. The zero-order valence-corrected chi connectivity index (χ0v) is 16.7. The monoisotopic (exact) mass is 396 g/mol. The van der Waals surface area contributed by atoms with E-state index >= 15 is 0 Å². The number of aryl methyl sites for hydroxylation is 2. The zero-order valence-electron chi connectivity index (χ0n) is 16.7. The normalized spacial score (nSPS) is 18.9. The fraction of sp³-hybridized carbons (Fsp3) is 0.458. The number of anilines is 1. The first kappa shape index (κ1) is 20.0. The predicted molar refractivity (Wildman–Crippen MR) is 112 cm³/mol. The van der Waals surface area contributed by atoms with E-state index in [4.69, 9.17) is 0 Å². The van der Waals surface area contributed by atoms with Gasteiger partial charge in [-0.05, 0) is 73.9 Å². The van der Waals surface area contributed by atoms with Crippen molar-refractivity contribution in [3.05, 3.63) is 65.0 Å². The van der Waals surface area contributed by atoms with Gasteiger partial charge < -0.3 is 15.3 Å². The van der Waals surface area contributed by atoms with E-state index in [0.29, 0.717) is 24.9 Å². The number of piperidine rings is 1. The van der Waals surface area contributed by atoms with Crippen LogP contribution >= 0.6 is 0 Å². The number of amides is 1. The number of hydrogen-bond donors (Lipinski definition) is 2. The number of aliphatic hydroxyl groups is 1. The Labute approximate surface area is 171 Å². The smallest absolute Gasteiger partial charge is 0.224 e. The molecule has 1 saturated heterocycles. The van der Waals surface area contributed by atoms with E-state index in [0.717, 1.165) is 43.8 Å². The molecule has 2 aliphatic heterocycles. The lowest BCUT2D eigenvalue weighted by molar-refractivity contribution is -0.116. The second kappa shape index (κ2) is 9.06. The van der Waals surface area contributed by atoms with Gasteiger partial charge in [0.25, 0.3) is 0 Å². The Kier molecular flexibility index (Phi) is 6.26. The Morgan fingerprint density at radius 1 is 1.14 bits per heavy atom. The maximum Gasteiger partial charge on any atom is 0.224 e. The van der Waals surface area contributed by atoms with Crippen molar-refractivity contribution in [1.82, 2.24) is 4.90 Å². The lowest BCUT2D eigenvalue weighted by Gasteiger charge is -2.33. The molecule has 29 heavy (non-hydrogen) atoms. The molecule has 5 heteroatoms. The summed E-state index contributed by atoms with van der Waals surface area (Å²) in [4.78, 5) is 13.8. The third kappa shape index (κ3) is 5.03. The molecule has 2 aromatic rings. The first-order chi connectivity index (χ1) is 14.1. The van der Waals surface area contributed by atoms with E-state index < -0.39 is 11.9 Å². The third-order valence-electron chi connectivity index (χ3n) is 6.29. The molecule has 1 atom stereocenters. The molecule has 1 fully saturated rings. The molecule has 0 radical (unpaired) electrons. The molecule has 2 heterocycles. The van der Waals surface area contributed by atoms with Crippen LogP contribution in [0.2, 0.25) is 0 Å². The fourth-order valence-corrected chi connectivity index (χ4v) is 4.49. The van der Waals surface area contributed by atoms with Crippen LogP contribution in [0.5, 0.6) is 0 Å². The van der Waals surface area contributed by atoms with Gasteiger partial charge in [-0.15, -0.1) is 0 Å². The number of halogens is 1. The molecule has 154 valence electrons. The highest BCUT2D eigenvalue weighted by atomic mass is 19.1.